The predicted molar refractivity (Wildman–Crippen MR) is 116 cm³/mol. The molecule has 1 fully saturated rings. The van der Waals surface area contributed by atoms with Crippen LogP contribution in [0.1, 0.15) is 62.5 Å². The SMILES string of the molecule is CCOC(=O)c1cnn(-c2ccc(OC)cc2)c1C1CCN(C(=O)OC(C)(C)C)CC1. The largest absolute Gasteiger partial charge is 0.497 e. The summed E-state index contributed by atoms with van der Waals surface area (Å²) in [5.74, 6) is 0.420. The van der Waals surface area contributed by atoms with E-state index in [1.807, 2.05) is 45.0 Å². The first-order valence-corrected chi connectivity index (χ1v) is 10.6. The summed E-state index contributed by atoms with van der Waals surface area (Å²) in [6.07, 6.45) is 2.67. The molecule has 3 rings (SSSR count). The minimum atomic E-state index is -0.530. The van der Waals surface area contributed by atoms with E-state index < -0.39 is 5.60 Å². The fourth-order valence-electron chi connectivity index (χ4n) is 3.71. The monoisotopic (exact) mass is 429 g/mol. The first kappa shape index (κ1) is 22.7. The lowest BCUT2D eigenvalue weighted by Crippen LogP contribution is -2.41. The van der Waals surface area contributed by atoms with Crippen LogP contribution in [0, 0.1) is 0 Å². The van der Waals surface area contributed by atoms with Gasteiger partial charge in [-0.3, -0.25) is 0 Å². The summed E-state index contributed by atoms with van der Waals surface area (Å²) in [6.45, 7) is 8.75. The van der Waals surface area contributed by atoms with Gasteiger partial charge < -0.3 is 19.1 Å². The molecule has 0 spiro atoms. The molecule has 1 aliphatic rings. The molecule has 0 atom stereocenters. The molecule has 8 heteroatoms. The lowest BCUT2D eigenvalue weighted by molar-refractivity contribution is 0.0202. The van der Waals surface area contributed by atoms with Gasteiger partial charge >= 0.3 is 12.1 Å². The summed E-state index contributed by atoms with van der Waals surface area (Å²) < 4.78 is 17.8. The maximum absolute atomic E-state index is 12.6. The van der Waals surface area contributed by atoms with Crippen molar-refractivity contribution < 1.29 is 23.8 Å². The van der Waals surface area contributed by atoms with Crippen LogP contribution in [0.15, 0.2) is 30.5 Å². The number of piperidine rings is 1. The number of likely N-dealkylation sites (tertiary alicyclic amines) is 1. The standard InChI is InChI=1S/C23H31N3O5/c1-6-30-21(27)19-15-24-26(17-7-9-18(29-5)10-8-17)20(19)16-11-13-25(14-12-16)22(28)31-23(2,3)4/h7-10,15-16H,6,11-14H2,1-5H3. The Morgan fingerprint density at radius 2 is 1.77 bits per heavy atom. The Bertz CT molecular complexity index is 906. The van der Waals surface area contributed by atoms with Crippen LogP contribution in [0.3, 0.4) is 0 Å². The van der Waals surface area contributed by atoms with E-state index in [0.717, 1.165) is 17.1 Å². The molecule has 0 aliphatic carbocycles. The van der Waals surface area contributed by atoms with E-state index in [2.05, 4.69) is 5.10 Å². The Labute approximate surface area is 183 Å². The second kappa shape index (κ2) is 9.41. The van der Waals surface area contributed by atoms with Gasteiger partial charge in [0.05, 0.1) is 31.3 Å². The van der Waals surface area contributed by atoms with E-state index in [1.165, 1.54) is 0 Å². The van der Waals surface area contributed by atoms with Crippen LogP contribution in [0.4, 0.5) is 4.79 Å². The van der Waals surface area contributed by atoms with E-state index in [-0.39, 0.29) is 18.0 Å². The van der Waals surface area contributed by atoms with Crippen molar-refractivity contribution >= 4 is 12.1 Å². The number of ether oxygens (including phenoxy) is 3. The van der Waals surface area contributed by atoms with Crippen molar-refractivity contribution in [3.63, 3.8) is 0 Å². The molecular formula is C23H31N3O5. The van der Waals surface area contributed by atoms with Crippen molar-refractivity contribution in [1.82, 2.24) is 14.7 Å². The lowest BCUT2D eigenvalue weighted by Gasteiger charge is -2.33. The van der Waals surface area contributed by atoms with Gasteiger partial charge in [0.15, 0.2) is 0 Å². The van der Waals surface area contributed by atoms with Crippen molar-refractivity contribution in [2.24, 2.45) is 0 Å². The van der Waals surface area contributed by atoms with Gasteiger partial charge in [0.1, 0.15) is 16.9 Å². The van der Waals surface area contributed by atoms with Crippen LogP contribution in [0.5, 0.6) is 5.75 Å². The molecular weight excluding hydrogens is 398 g/mol. The van der Waals surface area contributed by atoms with Crippen LogP contribution in [-0.4, -0.2) is 59.2 Å². The third kappa shape index (κ3) is 5.37. The smallest absolute Gasteiger partial charge is 0.410 e. The fraction of sp³-hybridized carbons (Fsp3) is 0.522. The number of rotatable bonds is 5. The molecule has 1 aromatic heterocycles. The highest BCUT2D eigenvalue weighted by molar-refractivity contribution is 5.90. The van der Waals surface area contributed by atoms with Crippen LogP contribution in [0.25, 0.3) is 5.69 Å². The van der Waals surface area contributed by atoms with Gasteiger partial charge in [0.2, 0.25) is 0 Å². The molecule has 0 saturated carbocycles. The Morgan fingerprint density at radius 1 is 1.13 bits per heavy atom. The maximum atomic E-state index is 12.6. The summed E-state index contributed by atoms with van der Waals surface area (Å²) in [4.78, 5) is 26.7. The zero-order valence-corrected chi connectivity index (χ0v) is 18.9. The van der Waals surface area contributed by atoms with Gasteiger partial charge in [0.25, 0.3) is 0 Å². The number of aromatic nitrogens is 2. The number of methoxy groups -OCH3 is 1. The molecule has 1 amide bonds. The molecule has 1 aromatic carbocycles. The summed E-state index contributed by atoms with van der Waals surface area (Å²) in [5, 5.41) is 4.49. The first-order chi connectivity index (χ1) is 14.7. The summed E-state index contributed by atoms with van der Waals surface area (Å²) in [7, 11) is 1.62. The number of hydrogen-bond acceptors (Lipinski definition) is 6. The van der Waals surface area contributed by atoms with E-state index in [0.29, 0.717) is 38.1 Å². The Morgan fingerprint density at radius 3 is 2.32 bits per heavy atom. The number of nitrogens with zero attached hydrogens (tertiary/aromatic N) is 3. The minimum absolute atomic E-state index is 0.0581. The van der Waals surface area contributed by atoms with Gasteiger partial charge in [-0.1, -0.05) is 0 Å². The fourth-order valence-corrected chi connectivity index (χ4v) is 3.71. The number of hydrogen-bond donors (Lipinski definition) is 0. The molecule has 0 bridgehead atoms. The summed E-state index contributed by atoms with van der Waals surface area (Å²) in [5.41, 5.74) is 1.58. The number of esters is 1. The van der Waals surface area contributed by atoms with Crippen molar-refractivity contribution in [3.05, 3.63) is 41.7 Å². The van der Waals surface area contributed by atoms with Gasteiger partial charge in [0, 0.05) is 19.0 Å². The van der Waals surface area contributed by atoms with Crippen LogP contribution < -0.4 is 4.74 Å². The molecule has 31 heavy (non-hydrogen) atoms. The molecule has 0 unspecified atom stereocenters. The van der Waals surface area contributed by atoms with Gasteiger partial charge in [-0.05, 0) is 64.8 Å². The second-order valence-corrected chi connectivity index (χ2v) is 8.52. The van der Waals surface area contributed by atoms with Gasteiger partial charge in [-0.2, -0.15) is 5.10 Å². The van der Waals surface area contributed by atoms with Crippen molar-refractivity contribution in [3.8, 4) is 11.4 Å². The van der Waals surface area contributed by atoms with E-state index in [9.17, 15) is 9.59 Å². The summed E-state index contributed by atoms with van der Waals surface area (Å²) in [6, 6.07) is 7.52. The highest BCUT2D eigenvalue weighted by atomic mass is 16.6. The zero-order chi connectivity index (χ0) is 22.6. The van der Waals surface area contributed by atoms with Crippen LogP contribution in [0.2, 0.25) is 0 Å². The average molecular weight is 430 g/mol. The first-order valence-electron chi connectivity index (χ1n) is 10.6. The molecule has 0 radical (unpaired) electrons. The normalized spacial score (nSPS) is 14.9. The molecule has 2 heterocycles. The average Bonchev–Trinajstić information content (AvgIpc) is 3.18. The van der Waals surface area contributed by atoms with Crippen LogP contribution in [-0.2, 0) is 9.47 Å². The predicted octanol–water partition coefficient (Wildman–Crippen LogP) is 4.17. The van der Waals surface area contributed by atoms with E-state index >= 15 is 0 Å². The van der Waals surface area contributed by atoms with Crippen molar-refractivity contribution in [2.75, 3.05) is 26.8 Å². The molecule has 1 aliphatic heterocycles. The van der Waals surface area contributed by atoms with Crippen molar-refractivity contribution in [2.45, 2.75) is 52.1 Å². The number of amides is 1. The second-order valence-electron chi connectivity index (χ2n) is 8.52. The topological polar surface area (TPSA) is 82.9 Å². The third-order valence-electron chi connectivity index (χ3n) is 5.15. The van der Waals surface area contributed by atoms with Gasteiger partial charge in [-0.25, -0.2) is 14.3 Å². The molecule has 168 valence electrons. The highest BCUT2D eigenvalue weighted by Gasteiger charge is 2.32. The lowest BCUT2D eigenvalue weighted by atomic mass is 9.91. The Kier molecular flexibility index (Phi) is 6.87. The molecule has 1 saturated heterocycles. The molecule has 2 aromatic rings. The minimum Gasteiger partial charge on any atom is -0.497 e. The molecule has 0 N–H and O–H groups in total. The van der Waals surface area contributed by atoms with Crippen molar-refractivity contribution in [1.29, 1.82) is 0 Å². The maximum Gasteiger partial charge on any atom is 0.410 e. The number of benzene rings is 1. The Balaban J connectivity index is 1.86. The summed E-state index contributed by atoms with van der Waals surface area (Å²) >= 11 is 0. The zero-order valence-electron chi connectivity index (χ0n) is 18.9. The van der Waals surface area contributed by atoms with E-state index in [4.69, 9.17) is 14.2 Å². The Hall–Kier alpha value is -3.03. The van der Waals surface area contributed by atoms with Gasteiger partial charge in [-0.15, -0.1) is 0 Å². The third-order valence-corrected chi connectivity index (χ3v) is 5.15. The molecule has 8 nitrogen and oxygen atoms in total. The van der Waals surface area contributed by atoms with E-state index in [1.54, 1.807) is 29.8 Å². The van der Waals surface area contributed by atoms with Crippen LogP contribution >= 0.6 is 0 Å². The number of carbonyl (C=O) groups is 2. The quantitative estimate of drug-likeness (QED) is 0.664. The number of carbonyl (C=O) groups excluding carboxylic acids is 2. The highest BCUT2D eigenvalue weighted by Crippen LogP contribution is 2.33.